The van der Waals surface area contributed by atoms with E-state index >= 15 is 0 Å². The van der Waals surface area contributed by atoms with Gasteiger partial charge in [0.1, 0.15) is 5.01 Å². The average molecular weight is 277 g/mol. The minimum absolute atomic E-state index is 0.447. The number of benzene rings is 1. The quantitative estimate of drug-likeness (QED) is 0.799. The molecule has 0 saturated carbocycles. The molecule has 0 aliphatic carbocycles. The Morgan fingerprint density at radius 1 is 1.21 bits per heavy atom. The molecule has 0 atom stereocenters. The summed E-state index contributed by atoms with van der Waals surface area (Å²) in [6.07, 6.45) is 0. The number of aromatic nitrogens is 2. The van der Waals surface area contributed by atoms with Crippen LogP contribution in [0.3, 0.4) is 0 Å². The molecule has 0 radical (unpaired) electrons. The Balaban J connectivity index is 2.47. The predicted octanol–water partition coefficient (Wildman–Crippen LogP) is 3.25. The molecule has 1 aromatic heterocycles. The second kappa shape index (κ2) is 3.70. The Hall–Kier alpha value is -0.880. The lowest BCUT2D eigenvalue weighted by Crippen LogP contribution is -1.84. The van der Waals surface area contributed by atoms with Crippen molar-refractivity contribution in [1.82, 2.24) is 9.36 Å². The molecule has 0 aliphatic heterocycles. The summed E-state index contributed by atoms with van der Waals surface area (Å²) in [5.74, 6) is -1.74. The SMILES string of the molecule is Fc1ccc(-c2nc(Br)ns2)cc1F. The van der Waals surface area contributed by atoms with Crippen LogP contribution in [0.4, 0.5) is 8.78 Å². The van der Waals surface area contributed by atoms with E-state index < -0.39 is 11.6 Å². The third-order valence-corrected chi connectivity index (χ3v) is 2.92. The molecule has 0 N–H and O–H groups in total. The summed E-state index contributed by atoms with van der Waals surface area (Å²) in [7, 11) is 0. The van der Waals surface area contributed by atoms with Crippen molar-refractivity contribution < 1.29 is 8.78 Å². The minimum Gasteiger partial charge on any atom is -0.209 e. The van der Waals surface area contributed by atoms with Crippen molar-refractivity contribution in [2.75, 3.05) is 0 Å². The van der Waals surface area contributed by atoms with Gasteiger partial charge in [-0.3, -0.25) is 0 Å². The predicted molar refractivity (Wildman–Crippen MR) is 53.0 cm³/mol. The largest absolute Gasteiger partial charge is 0.209 e. The summed E-state index contributed by atoms with van der Waals surface area (Å²) in [5, 5.41) is 0.552. The van der Waals surface area contributed by atoms with Crippen molar-refractivity contribution in [2.24, 2.45) is 0 Å². The lowest BCUT2D eigenvalue weighted by atomic mass is 10.2. The smallest absolute Gasteiger partial charge is 0.209 e. The maximum Gasteiger partial charge on any atom is 0.209 e. The zero-order chi connectivity index (χ0) is 10.1. The van der Waals surface area contributed by atoms with Crippen LogP contribution in [0.2, 0.25) is 0 Å². The molecule has 1 aromatic carbocycles. The first kappa shape index (κ1) is 9.67. The van der Waals surface area contributed by atoms with Crippen LogP contribution in [0.15, 0.2) is 22.9 Å². The third-order valence-electron chi connectivity index (χ3n) is 1.57. The summed E-state index contributed by atoms with van der Waals surface area (Å²) in [5.41, 5.74) is 0.520. The standard InChI is InChI=1S/C8H3BrF2N2S/c9-8-12-7(14-13-8)4-1-2-5(10)6(11)3-4/h1-3H. The van der Waals surface area contributed by atoms with Gasteiger partial charge in [0.05, 0.1) is 0 Å². The zero-order valence-electron chi connectivity index (χ0n) is 6.67. The molecule has 2 nitrogen and oxygen atoms in total. The third kappa shape index (κ3) is 1.80. The molecule has 2 rings (SSSR count). The van der Waals surface area contributed by atoms with Crippen LogP contribution in [0.25, 0.3) is 10.6 Å². The topological polar surface area (TPSA) is 25.8 Å². The second-order valence-corrected chi connectivity index (χ2v) is 3.96. The van der Waals surface area contributed by atoms with E-state index in [2.05, 4.69) is 25.3 Å². The van der Waals surface area contributed by atoms with Gasteiger partial charge in [0.15, 0.2) is 11.6 Å². The molecule has 6 heteroatoms. The van der Waals surface area contributed by atoms with Crippen molar-refractivity contribution in [1.29, 1.82) is 0 Å². The Kier molecular flexibility index (Phi) is 2.56. The van der Waals surface area contributed by atoms with Gasteiger partial charge in [0, 0.05) is 5.56 Å². The van der Waals surface area contributed by atoms with Crippen molar-refractivity contribution in [3.05, 3.63) is 34.6 Å². The molecule has 2 aromatic rings. The fourth-order valence-corrected chi connectivity index (χ4v) is 2.03. The molecule has 14 heavy (non-hydrogen) atoms. The molecular formula is C8H3BrF2N2S. The van der Waals surface area contributed by atoms with E-state index in [0.717, 1.165) is 23.7 Å². The molecule has 0 aliphatic rings. The van der Waals surface area contributed by atoms with Crippen LogP contribution in [0, 0.1) is 11.6 Å². The highest BCUT2D eigenvalue weighted by atomic mass is 79.9. The first-order chi connectivity index (χ1) is 6.66. The molecule has 0 spiro atoms. The second-order valence-electron chi connectivity index (χ2n) is 2.50. The van der Waals surface area contributed by atoms with Gasteiger partial charge in [-0.1, -0.05) is 0 Å². The molecule has 0 unspecified atom stereocenters. The van der Waals surface area contributed by atoms with Gasteiger partial charge >= 0.3 is 0 Å². The monoisotopic (exact) mass is 276 g/mol. The molecule has 1 heterocycles. The first-order valence-corrected chi connectivity index (χ1v) is 5.18. The zero-order valence-corrected chi connectivity index (χ0v) is 9.07. The lowest BCUT2D eigenvalue weighted by molar-refractivity contribution is 0.509. The molecule has 0 saturated heterocycles. The van der Waals surface area contributed by atoms with Crippen LogP contribution in [0.5, 0.6) is 0 Å². The van der Waals surface area contributed by atoms with Gasteiger partial charge in [-0.25, -0.2) is 13.8 Å². The number of nitrogens with zero attached hydrogens (tertiary/aromatic N) is 2. The highest BCUT2D eigenvalue weighted by Crippen LogP contribution is 2.24. The lowest BCUT2D eigenvalue weighted by Gasteiger charge is -1.95. The van der Waals surface area contributed by atoms with Crippen LogP contribution in [-0.2, 0) is 0 Å². The minimum atomic E-state index is -0.881. The van der Waals surface area contributed by atoms with Gasteiger partial charge in [-0.15, -0.1) is 0 Å². The summed E-state index contributed by atoms with van der Waals surface area (Å²) in [4.78, 5) is 3.99. The van der Waals surface area contributed by atoms with E-state index in [0.29, 0.717) is 15.3 Å². The Bertz CT molecular complexity index is 472. The van der Waals surface area contributed by atoms with Crippen LogP contribution in [0.1, 0.15) is 0 Å². The van der Waals surface area contributed by atoms with Crippen LogP contribution in [-0.4, -0.2) is 9.36 Å². The number of hydrogen-bond acceptors (Lipinski definition) is 3. The summed E-state index contributed by atoms with van der Waals surface area (Å²) in [6.45, 7) is 0. The van der Waals surface area contributed by atoms with Crippen molar-refractivity contribution >= 4 is 27.5 Å². The normalized spacial score (nSPS) is 10.5. The average Bonchev–Trinajstić information content (AvgIpc) is 2.57. The molecule has 0 amide bonds. The summed E-state index contributed by atoms with van der Waals surface area (Å²) >= 11 is 4.20. The summed E-state index contributed by atoms with van der Waals surface area (Å²) in [6, 6.07) is 3.63. The molecule has 0 fully saturated rings. The highest BCUT2D eigenvalue weighted by molar-refractivity contribution is 9.10. The number of halogens is 3. The van der Waals surface area contributed by atoms with E-state index in [-0.39, 0.29) is 0 Å². The van der Waals surface area contributed by atoms with Gasteiger partial charge in [-0.2, -0.15) is 4.37 Å². The Morgan fingerprint density at radius 3 is 2.57 bits per heavy atom. The summed E-state index contributed by atoms with van der Waals surface area (Å²) < 4.78 is 29.8. The van der Waals surface area contributed by atoms with Gasteiger partial charge in [-0.05, 0) is 45.7 Å². The van der Waals surface area contributed by atoms with Gasteiger partial charge < -0.3 is 0 Å². The Morgan fingerprint density at radius 2 is 2.00 bits per heavy atom. The number of rotatable bonds is 1. The van der Waals surface area contributed by atoms with Crippen LogP contribution < -0.4 is 0 Å². The highest BCUT2D eigenvalue weighted by Gasteiger charge is 2.08. The van der Waals surface area contributed by atoms with Gasteiger partial charge in [0.2, 0.25) is 4.73 Å². The maximum atomic E-state index is 12.8. The fourth-order valence-electron chi connectivity index (χ4n) is 0.952. The van der Waals surface area contributed by atoms with Crippen LogP contribution >= 0.6 is 27.5 Å². The van der Waals surface area contributed by atoms with Crippen molar-refractivity contribution in [3.63, 3.8) is 0 Å². The molecule has 72 valence electrons. The van der Waals surface area contributed by atoms with Crippen molar-refractivity contribution in [2.45, 2.75) is 0 Å². The number of hydrogen-bond donors (Lipinski definition) is 0. The molecular weight excluding hydrogens is 274 g/mol. The van der Waals surface area contributed by atoms with E-state index in [4.69, 9.17) is 0 Å². The Labute approximate surface area is 90.9 Å². The maximum absolute atomic E-state index is 12.8. The van der Waals surface area contributed by atoms with Crippen molar-refractivity contribution in [3.8, 4) is 10.6 Å². The van der Waals surface area contributed by atoms with E-state index in [1.165, 1.54) is 6.07 Å². The van der Waals surface area contributed by atoms with Gasteiger partial charge in [0.25, 0.3) is 0 Å². The first-order valence-electron chi connectivity index (χ1n) is 3.61. The van der Waals surface area contributed by atoms with E-state index in [1.807, 2.05) is 0 Å². The van der Waals surface area contributed by atoms with E-state index in [1.54, 1.807) is 0 Å². The fraction of sp³-hybridized carbons (Fsp3) is 0. The van der Waals surface area contributed by atoms with E-state index in [9.17, 15) is 8.78 Å². The molecule has 0 bridgehead atoms.